The Morgan fingerprint density at radius 1 is 1.00 bits per heavy atom. The summed E-state index contributed by atoms with van der Waals surface area (Å²) in [5.74, 6) is -0.350. The van der Waals surface area contributed by atoms with Gasteiger partial charge in [-0.3, -0.25) is 15.1 Å². The van der Waals surface area contributed by atoms with Gasteiger partial charge in [0.15, 0.2) is 0 Å². The Balaban J connectivity index is 0.000000177. The number of nitrogens with one attached hydrogen (secondary N) is 1. The Bertz CT molecular complexity index is 793. The Morgan fingerprint density at radius 3 is 2.12 bits per heavy atom. The lowest BCUT2D eigenvalue weighted by Crippen LogP contribution is -2.01. The van der Waals surface area contributed by atoms with E-state index in [-0.39, 0.29) is 5.97 Å². The SMILES string of the molecule is COC(=O)c1ccc(C)nc1.Cc1ccc(-c2cc(C)[nH]n2)cn1. The third-order valence-electron chi connectivity index (χ3n) is 3.25. The van der Waals surface area contributed by atoms with Crippen LogP contribution >= 0.6 is 0 Å². The van der Waals surface area contributed by atoms with Gasteiger partial charge in [0.25, 0.3) is 0 Å². The third kappa shape index (κ3) is 4.74. The first-order valence-electron chi connectivity index (χ1n) is 7.45. The molecule has 3 aromatic heterocycles. The molecule has 6 nitrogen and oxygen atoms in total. The van der Waals surface area contributed by atoms with Crippen molar-refractivity contribution in [2.45, 2.75) is 20.8 Å². The molecule has 0 saturated heterocycles. The van der Waals surface area contributed by atoms with E-state index in [9.17, 15) is 4.79 Å². The molecule has 0 amide bonds. The quantitative estimate of drug-likeness (QED) is 0.732. The second kappa shape index (κ2) is 8.01. The fourth-order valence-corrected chi connectivity index (χ4v) is 1.89. The summed E-state index contributed by atoms with van der Waals surface area (Å²) in [7, 11) is 1.35. The van der Waals surface area contributed by atoms with Crippen LogP contribution < -0.4 is 0 Å². The number of hydrogen-bond acceptors (Lipinski definition) is 5. The summed E-state index contributed by atoms with van der Waals surface area (Å²) < 4.78 is 4.50. The van der Waals surface area contributed by atoms with E-state index >= 15 is 0 Å². The predicted molar refractivity (Wildman–Crippen MR) is 91.6 cm³/mol. The minimum absolute atomic E-state index is 0.350. The van der Waals surface area contributed by atoms with Crippen molar-refractivity contribution in [3.63, 3.8) is 0 Å². The van der Waals surface area contributed by atoms with Crippen LogP contribution in [0.15, 0.2) is 42.7 Å². The van der Waals surface area contributed by atoms with Crippen molar-refractivity contribution in [1.82, 2.24) is 20.2 Å². The van der Waals surface area contributed by atoms with Gasteiger partial charge < -0.3 is 4.74 Å². The molecule has 0 atom stereocenters. The van der Waals surface area contributed by atoms with Gasteiger partial charge in [-0.05, 0) is 51.1 Å². The van der Waals surface area contributed by atoms with Gasteiger partial charge in [0, 0.05) is 35.0 Å². The highest BCUT2D eigenvalue weighted by Gasteiger charge is 2.03. The molecule has 3 heterocycles. The van der Waals surface area contributed by atoms with E-state index in [0.29, 0.717) is 5.56 Å². The average molecular weight is 324 g/mol. The number of esters is 1. The molecule has 0 radical (unpaired) electrons. The van der Waals surface area contributed by atoms with E-state index in [4.69, 9.17) is 0 Å². The molecular formula is C18H20N4O2. The number of rotatable bonds is 2. The number of aromatic nitrogens is 4. The van der Waals surface area contributed by atoms with Crippen molar-refractivity contribution in [3.05, 3.63) is 65.4 Å². The zero-order valence-corrected chi connectivity index (χ0v) is 14.2. The molecule has 24 heavy (non-hydrogen) atoms. The van der Waals surface area contributed by atoms with Gasteiger partial charge in [0.05, 0.1) is 18.4 Å². The number of pyridine rings is 2. The number of methoxy groups -OCH3 is 1. The van der Waals surface area contributed by atoms with Gasteiger partial charge in [0.1, 0.15) is 0 Å². The van der Waals surface area contributed by atoms with E-state index in [0.717, 1.165) is 28.3 Å². The Kier molecular flexibility index (Phi) is 5.78. The number of aromatic amines is 1. The van der Waals surface area contributed by atoms with Crippen LogP contribution in [0, 0.1) is 20.8 Å². The van der Waals surface area contributed by atoms with E-state index in [2.05, 4.69) is 24.9 Å². The van der Waals surface area contributed by atoms with Gasteiger partial charge in [-0.1, -0.05) is 0 Å². The number of H-pyrrole nitrogens is 1. The minimum atomic E-state index is -0.350. The van der Waals surface area contributed by atoms with Crippen molar-refractivity contribution in [2.75, 3.05) is 7.11 Å². The summed E-state index contributed by atoms with van der Waals surface area (Å²) >= 11 is 0. The van der Waals surface area contributed by atoms with Crippen molar-refractivity contribution in [3.8, 4) is 11.3 Å². The molecular weight excluding hydrogens is 304 g/mol. The smallest absolute Gasteiger partial charge is 0.339 e. The van der Waals surface area contributed by atoms with Crippen molar-refractivity contribution in [1.29, 1.82) is 0 Å². The van der Waals surface area contributed by atoms with Gasteiger partial charge in [-0.25, -0.2) is 4.79 Å². The Hall–Kier alpha value is -3.02. The number of hydrogen-bond donors (Lipinski definition) is 1. The summed E-state index contributed by atoms with van der Waals surface area (Å²) in [6.45, 7) is 5.82. The molecule has 0 saturated carbocycles. The van der Waals surface area contributed by atoms with Gasteiger partial charge in [-0.15, -0.1) is 0 Å². The Morgan fingerprint density at radius 2 is 1.67 bits per heavy atom. The molecule has 0 aromatic carbocycles. The second-order valence-electron chi connectivity index (χ2n) is 5.30. The lowest BCUT2D eigenvalue weighted by Gasteiger charge is -1.97. The highest BCUT2D eigenvalue weighted by molar-refractivity contribution is 5.88. The molecule has 6 heteroatoms. The first kappa shape index (κ1) is 17.3. The van der Waals surface area contributed by atoms with E-state index in [1.165, 1.54) is 13.3 Å². The topological polar surface area (TPSA) is 80.8 Å². The standard InChI is InChI=1S/C10H11N3.C8H9NO2/c1-7-3-4-9(6-11-7)10-5-8(2)12-13-10;1-6-3-4-7(5-9-6)8(10)11-2/h3-6H,1-2H3,(H,12,13);3-5H,1-2H3. The van der Waals surface area contributed by atoms with Crippen LogP contribution in [-0.4, -0.2) is 33.2 Å². The largest absolute Gasteiger partial charge is 0.465 e. The first-order valence-corrected chi connectivity index (χ1v) is 7.45. The van der Waals surface area contributed by atoms with Crippen LogP contribution in [0.2, 0.25) is 0 Å². The molecule has 0 aliphatic heterocycles. The molecule has 0 spiro atoms. The number of aryl methyl sites for hydroxylation is 3. The molecule has 1 N–H and O–H groups in total. The summed E-state index contributed by atoms with van der Waals surface area (Å²) in [6.07, 6.45) is 3.34. The van der Waals surface area contributed by atoms with Gasteiger partial charge >= 0.3 is 5.97 Å². The maximum Gasteiger partial charge on any atom is 0.339 e. The maximum atomic E-state index is 10.9. The number of ether oxygens (including phenoxy) is 1. The summed E-state index contributed by atoms with van der Waals surface area (Å²) in [5.41, 5.74) is 5.46. The van der Waals surface area contributed by atoms with Crippen molar-refractivity contribution in [2.24, 2.45) is 0 Å². The summed E-state index contributed by atoms with van der Waals surface area (Å²) in [6, 6.07) is 9.48. The zero-order valence-electron chi connectivity index (χ0n) is 14.2. The highest BCUT2D eigenvalue weighted by atomic mass is 16.5. The molecule has 3 rings (SSSR count). The fraction of sp³-hybridized carbons (Fsp3) is 0.222. The number of carbonyl (C=O) groups excluding carboxylic acids is 1. The second-order valence-corrected chi connectivity index (χ2v) is 5.30. The van der Waals surface area contributed by atoms with Gasteiger partial charge in [0.2, 0.25) is 0 Å². The summed E-state index contributed by atoms with van der Waals surface area (Å²) in [4.78, 5) is 19.0. The lowest BCUT2D eigenvalue weighted by molar-refractivity contribution is 0.0600. The molecule has 0 unspecified atom stereocenters. The predicted octanol–water partition coefficient (Wildman–Crippen LogP) is 3.27. The third-order valence-corrected chi connectivity index (χ3v) is 3.25. The minimum Gasteiger partial charge on any atom is -0.465 e. The molecule has 0 bridgehead atoms. The molecule has 124 valence electrons. The molecule has 0 fully saturated rings. The number of nitrogens with zero attached hydrogens (tertiary/aromatic N) is 3. The van der Waals surface area contributed by atoms with Crippen LogP contribution in [0.1, 0.15) is 27.4 Å². The highest BCUT2D eigenvalue weighted by Crippen LogP contribution is 2.15. The normalized spacial score (nSPS) is 9.83. The zero-order chi connectivity index (χ0) is 17.5. The average Bonchev–Trinajstić information content (AvgIpc) is 3.02. The molecule has 3 aromatic rings. The van der Waals surface area contributed by atoms with Gasteiger partial charge in [-0.2, -0.15) is 5.10 Å². The lowest BCUT2D eigenvalue weighted by atomic mass is 10.2. The van der Waals surface area contributed by atoms with Crippen LogP contribution in [0.3, 0.4) is 0 Å². The van der Waals surface area contributed by atoms with Crippen LogP contribution in [0.4, 0.5) is 0 Å². The van der Waals surface area contributed by atoms with Crippen molar-refractivity contribution >= 4 is 5.97 Å². The van der Waals surface area contributed by atoms with E-state index in [1.807, 2.05) is 45.2 Å². The molecule has 0 aliphatic rings. The monoisotopic (exact) mass is 324 g/mol. The first-order chi connectivity index (χ1) is 11.5. The summed E-state index contributed by atoms with van der Waals surface area (Å²) in [5, 5.41) is 7.05. The van der Waals surface area contributed by atoms with E-state index in [1.54, 1.807) is 12.1 Å². The van der Waals surface area contributed by atoms with E-state index < -0.39 is 0 Å². The van der Waals surface area contributed by atoms with Crippen LogP contribution in [-0.2, 0) is 4.74 Å². The van der Waals surface area contributed by atoms with Crippen LogP contribution in [0.25, 0.3) is 11.3 Å². The fourth-order valence-electron chi connectivity index (χ4n) is 1.89. The molecule has 0 aliphatic carbocycles. The Labute approximate surface area is 140 Å². The van der Waals surface area contributed by atoms with Crippen molar-refractivity contribution < 1.29 is 9.53 Å². The number of carbonyl (C=O) groups is 1. The van der Waals surface area contributed by atoms with Crippen LogP contribution in [0.5, 0.6) is 0 Å². The maximum absolute atomic E-state index is 10.9.